The molecule has 1 aliphatic rings. The van der Waals surface area contributed by atoms with E-state index in [-0.39, 0.29) is 29.7 Å². The standard InChI is InChI=1S/C28H27FN4O2/c29-23-13-5-4-11-21(23)17-30-27(34)22-12-8-16-32(19-22)26-28(35)33(18-20-9-2-1-3-10-20)25-15-7-6-14-24(25)31-26/h1-7,9-11,13-15,22H,8,12,16-19H2,(H,30,34)/t22-/m0/s1. The van der Waals surface area contributed by atoms with E-state index in [9.17, 15) is 14.0 Å². The molecule has 2 heterocycles. The molecule has 1 amide bonds. The Labute approximate surface area is 203 Å². The molecule has 0 radical (unpaired) electrons. The first-order chi connectivity index (χ1) is 17.1. The third-order valence-corrected chi connectivity index (χ3v) is 6.52. The maximum atomic E-state index is 13.9. The first-order valence-electron chi connectivity index (χ1n) is 11.9. The van der Waals surface area contributed by atoms with Crippen LogP contribution in [0, 0.1) is 11.7 Å². The van der Waals surface area contributed by atoms with Crippen LogP contribution in [0.1, 0.15) is 24.0 Å². The predicted molar refractivity (Wildman–Crippen MR) is 135 cm³/mol. The molecule has 0 unspecified atom stereocenters. The lowest BCUT2D eigenvalue weighted by Crippen LogP contribution is -2.45. The Morgan fingerprint density at radius 2 is 1.74 bits per heavy atom. The number of benzene rings is 3. The van der Waals surface area contributed by atoms with Crippen LogP contribution in [-0.4, -0.2) is 28.5 Å². The van der Waals surface area contributed by atoms with Crippen molar-refractivity contribution in [2.75, 3.05) is 18.0 Å². The number of nitrogens with zero attached hydrogens (tertiary/aromatic N) is 3. The summed E-state index contributed by atoms with van der Waals surface area (Å²) in [5.41, 5.74) is 2.83. The van der Waals surface area contributed by atoms with Crippen molar-refractivity contribution in [3.05, 3.63) is 106 Å². The third-order valence-electron chi connectivity index (χ3n) is 6.52. The highest BCUT2D eigenvalue weighted by atomic mass is 19.1. The zero-order chi connectivity index (χ0) is 24.2. The number of rotatable bonds is 6. The summed E-state index contributed by atoms with van der Waals surface area (Å²) < 4.78 is 15.7. The van der Waals surface area contributed by atoms with Crippen molar-refractivity contribution in [1.29, 1.82) is 0 Å². The van der Waals surface area contributed by atoms with Gasteiger partial charge in [0.25, 0.3) is 5.56 Å². The van der Waals surface area contributed by atoms with E-state index < -0.39 is 0 Å². The van der Waals surface area contributed by atoms with Gasteiger partial charge in [-0.25, -0.2) is 9.37 Å². The fourth-order valence-electron chi connectivity index (χ4n) is 4.66. The summed E-state index contributed by atoms with van der Waals surface area (Å²) in [6, 6.07) is 23.9. The number of piperidine rings is 1. The molecule has 6 nitrogen and oxygen atoms in total. The molecular weight excluding hydrogens is 443 g/mol. The Morgan fingerprint density at radius 1 is 1.00 bits per heavy atom. The monoisotopic (exact) mass is 470 g/mol. The van der Waals surface area contributed by atoms with E-state index >= 15 is 0 Å². The molecule has 178 valence electrons. The lowest BCUT2D eigenvalue weighted by atomic mass is 9.97. The molecule has 35 heavy (non-hydrogen) atoms. The zero-order valence-electron chi connectivity index (χ0n) is 19.4. The van der Waals surface area contributed by atoms with E-state index in [0.717, 1.165) is 23.0 Å². The minimum Gasteiger partial charge on any atom is -0.352 e. The lowest BCUT2D eigenvalue weighted by Gasteiger charge is -2.32. The smallest absolute Gasteiger partial charge is 0.294 e. The van der Waals surface area contributed by atoms with Gasteiger partial charge in [-0.3, -0.25) is 14.2 Å². The zero-order valence-corrected chi connectivity index (χ0v) is 19.4. The van der Waals surface area contributed by atoms with Crippen LogP contribution >= 0.6 is 0 Å². The van der Waals surface area contributed by atoms with Crippen LogP contribution in [0.5, 0.6) is 0 Å². The van der Waals surface area contributed by atoms with Gasteiger partial charge in [0.1, 0.15) is 5.82 Å². The van der Waals surface area contributed by atoms with Gasteiger partial charge in [0.2, 0.25) is 5.91 Å². The molecule has 0 spiro atoms. The third kappa shape index (κ3) is 4.94. The first kappa shape index (κ1) is 22.8. The van der Waals surface area contributed by atoms with Crippen LogP contribution in [0.4, 0.5) is 10.2 Å². The predicted octanol–water partition coefficient (Wildman–Crippen LogP) is 4.12. The van der Waals surface area contributed by atoms with E-state index in [1.807, 2.05) is 59.5 Å². The molecule has 0 bridgehead atoms. The van der Waals surface area contributed by atoms with Crippen LogP contribution in [0.25, 0.3) is 11.0 Å². The van der Waals surface area contributed by atoms with Crippen molar-refractivity contribution >= 4 is 22.8 Å². The van der Waals surface area contributed by atoms with Crippen molar-refractivity contribution in [2.45, 2.75) is 25.9 Å². The molecule has 4 aromatic rings. The largest absolute Gasteiger partial charge is 0.352 e. The molecule has 7 heteroatoms. The van der Waals surface area contributed by atoms with Crippen LogP contribution in [0.3, 0.4) is 0 Å². The van der Waals surface area contributed by atoms with E-state index in [0.29, 0.717) is 37.4 Å². The highest BCUT2D eigenvalue weighted by Crippen LogP contribution is 2.22. The SMILES string of the molecule is O=C(NCc1ccccc1F)[C@H]1CCCN(c2nc3ccccc3n(Cc3ccccc3)c2=O)C1. The van der Waals surface area contributed by atoms with Gasteiger partial charge in [0.15, 0.2) is 5.82 Å². The number of aromatic nitrogens is 2. The molecule has 3 aromatic carbocycles. The van der Waals surface area contributed by atoms with E-state index in [4.69, 9.17) is 4.98 Å². The van der Waals surface area contributed by atoms with Gasteiger partial charge in [-0.2, -0.15) is 0 Å². The quantitative estimate of drug-likeness (QED) is 0.461. The molecule has 1 aromatic heterocycles. The summed E-state index contributed by atoms with van der Waals surface area (Å²) in [7, 11) is 0. The number of anilines is 1. The maximum absolute atomic E-state index is 13.9. The van der Waals surface area contributed by atoms with Crippen LogP contribution in [-0.2, 0) is 17.9 Å². The second-order valence-corrected chi connectivity index (χ2v) is 8.90. The number of carbonyl (C=O) groups is 1. The van der Waals surface area contributed by atoms with Crippen molar-refractivity contribution in [3.8, 4) is 0 Å². The summed E-state index contributed by atoms with van der Waals surface area (Å²) in [5, 5.41) is 2.86. The summed E-state index contributed by atoms with van der Waals surface area (Å²) in [4.78, 5) is 33.2. The fraction of sp³-hybridized carbons (Fsp3) is 0.250. The molecule has 1 N–H and O–H groups in total. The Balaban J connectivity index is 1.39. The molecule has 1 atom stereocenters. The maximum Gasteiger partial charge on any atom is 0.294 e. The van der Waals surface area contributed by atoms with Gasteiger partial charge in [-0.05, 0) is 36.6 Å². The average Bonchev–Trinajstić information content (AvgIpc) is 2.90. The highest BCUT2D eigenvalue weighted by Gasteiger charge is 2.28. The molecule has 5 rings (SSSR count). The number of hydrogen-bond acceptors (Lipinski definition) is 4. The summed E-state index contributed by atoms with van der Waals surface area (Å²) in [6.07, 6.45) is 1.48. The molecular formula is C28H27FN4O2. The van der Waals surface area contributed by atoms with Gasteiger partial charge in [-0.1, -0.05) is 60.7 Å². The molecule has 1 saturated heterocycles. The lowest BCUT2D eigenvalue weighted by molar-refractivity contribution is -0.125. The Kier molecular flexibility index (Phi) is 6.57. The summed E-state index contributed by atoms with van der Waals surface area (Å²) in [5.74, 6) is -0.405. The van der Waals surface area contributed by atoms with Gasteiger partial charge < -0.3 is 10.2 Å². The van der Waals surface area contributed by atoms with Crippen molar-refractivity contribution < 1.29 is 9.18 Å². The van der Waals surface area contributed by atoms with E-state index in [1.54, 1.807) is 22.8 Å². The number of fused-ring (bicyclic) bond motifs is 1. The minimum atomic E-state index is -0.336. The topological polar surface area (TPSA) is 67.2 Å². The van der Waals surface area contributed by atoms with Gasteiger partial charge in [-0.15, -0.1) is 0 Å². The number of amides is 1. The number of nitrogens with one attached hydrogen (secondary N) is 1. The Bertz CT molecular complexity index is 1400. The number of halogens is 1. The van der Waals surface area contributed by atoms with Crippen LogP contribution in [0.15, 0.2) is 83.7 Å². The summed E-state index contributed by atoms with van der Waals surface area (Å²) >= 11 is 0. The second kappa shape index (κ2) is 10.1. The van der Waals surface area contributed by atoms with Gasteiger partial charge in [0, 0.05) is 25.2 Å². The summed E-state index contributed by atoms with van der Waals surface area (Å²) in [6.45, 7) is 1.63. The van der Waals surface area contributed by atoms with Crippen molar-refractivity contribution in [1.82, 2.24) is 14.9 Å². The Morgan fingerprint density at radius 3 is 2.57 bits per heavy atom. The number of hydrogen-bond donors (Lipinski definition) is 1. The van der Waals surface area contributed by atoms with Crippen molar-refractivity contribution in [3.63, 3.8) is 0 Å². The van der Waals surface area contributed by atoms with Crippen molar-refractivity contribution in [2.24, 2.45) is 5.92 Å². The minimum absolute atomic E-state index is 0.136. The first-order valence-corrected chi connectivity index (χ1v) is 11.9. The fourth-order valence-corrected chi connectivity index (χ4v) is 4.66. The van der Waals surface area contributed by atoms with Gasteiger partial charge >= 0.3 is 0 Å². The normalized spacial score (nSPS) is 15.8. The second-order valence-electron chi connectivity index (χ2n) is 8.90. The van der Waals surface area contributed by atoms with Gasteiger partial charge in [0.05, 0.1) is 23.5 Å². The van der Waals surface area contributed by atoms with E-state index in [1.165, 1.54) is 6.07 Å². The van der Waals surface area contributed by atoms with Crippen LogP contribution in [0.2, 0.25) is 0 Å². The molecule has 1 fully saturated rings. The Hall–Kier alpha value is -4.00. The molecule has 1 aliphatic heterocycles. The average molecular weight is 471 g/mol. The highest BCUT2D eigenvalue weighted by molar-refractivity contribution is 5.80. The molecule has 0 aliphatic carbocycles. The molecule has 0 saturated carbocycles. The number of carbonyl (C=O) groups excluding carboxylic acids is 1. The number of para-hydroxylation sites is 2. The van der Waals surface area contributed by atoms with Crippen LogP contribution < -0.4 is 15.8 Å². The van der Waals surface area contributed by atoms with E-state index in [2.05, 4.69) is 5.32 Å².